The number of nitrogens with zero attached hydrogens (tertiary/aromatic N) is 5. The van der Waals surface area contributed by atoms with E-state index in [-0.39, 0.29) is 64.2 Å². The van der Waals surface area contributed by atoms with Crippen molar-refractivity contribution < 1.29 is 59.4 Å². The number of thioether (sulfide) groups is 2. The summed E-state index contributed by atoms with van der Waals surface area (Å²) in [5.74, 6) is -2.46. The summed E-state index contributed by atoms with van der Waals surface area (Å²) in [7, 11) is 0. The molecule has 13 nitrogen and oxygen atoms in total. The molecule has 5 N–H and O–H groups in total. The summed E-state index contributed by atoms with van der Waals surface area (Å²) in [4.78, 5) is 42.1. The van der Waals surface area contributed by atoms with E-state index in [1.807, 2.05) is 0 Å². The van der Waals surface area contributed by atoms with E-state index in [2.05, 4.69) is 25.7 Å². The fourth-order valence-electron chi connectivity index (χ4n) is 3.11. The van der Waals surface area contributed by atoms with E-state index < -0.39 is 34.9 Å². The second kappa shape index (κ2) is 11.3. The molecule has 174 valence electrons. The van der Waals surface area contributed by atoms with Crippen LogP contribution < -0.4 is 45.7 Å². The molecule has 2 aromatic rings. The number of nitrogens with one attached hydrogen (secondary N) is 1. The van der Waals surface area contributed by atoms with Gasteiger partial charge in [0.15, 0.2) is 15.2 Å². The minimum absolute atomic E-state index is 0. The van der Waals surface area contributed by atoms with Crippen molar-refractivity contribution in [1.82, 2.24) is 25.4 Å². The topological polar surface area (TPSA) is 207 Å². The Bertz CT molecular complexity index is 1180. The average Bonchev–Trinajstić information content (AvgIpc) is 3.44. The van der Waals surface area contributed by atoms with Crippen LogP contribution in [0.15, 0.2) is 26.1 Å². The number of aliphatic carboxylic acids is 1. The molecule has 4 heterocycles. The largest absolute Gasteiger partial charge is 1.00 e. The first kappa shape index (κ1) is 26.9. The van der Waals surface area contributed by atoms with Gasteiger partial charge >= 0.3 is 29.6 Å². The van der Waals surface area contributed by atoms with E-state index in [0.29, 0.717) is 14.9 Å². The number of nitrogen functional groups attached to an aromatic ring is 1. The van der Waals surface area contributed by atoms with Crippen LogP contribution in [0.2, 0.25) is 0 Å². The zero-order valence-corrected chi connectivity index (χ0v) is 22.6. The summed E-state index contributed by atoms with van der Waals surface area (Å²) in [6.45, 7) is -0.239. The number of hydrogen-bond donors (Lipinski definition) is 4. The number of anilines is 1. The molecule has 2 aliphatic heterocycles. The Morgan fingerprint density at radius 1 is 1.41 bits per heavy atom. The second-order valence-corrected chi connectivity index (χ2v) is 10.8. The van der Waals surface area contributed by atoms with Crippen molar-refractivity contribution in [2.75, 3.05) is 17.2 Å². The number of carboxylic acids is 1. The van der Waals surface area contributed by atoms with Crippen molar-refractivity contribution in [3.8, 4) is 0 Å². The normalized spacial score (nSPS) is 19.9. The van der Waals surface area contributed by atoms with Crippen LogP contribution in [0.25, 0.3) is 0 Å². The second-order valence-electron chi connectivity index (χ2n) is 6.53. The van der Waals surface area contributed by atoms with Gasteiger partial charge in [-0.3, -0.25) is 14.5 Å². The molecule has 2 aromatic heterocycles. The quantitative estimate of drug-likeness (QED) is 0.0611. The zero-order chi connectivity index (χ0) is 23.7. The van der Waals surface area contributed by atoms with Crippen molar-refractivity contribution >= 4 is 74.8 Å². The van der Waals surface area contributed by atoms with E-state index in [9.17, 15) is 24.7 Å². The monoisotopic (exact) mass is 551 g/mol. The Kier molecular flexibility index (Phi) is 8.96. The smallest absolute Gasteiger partial charge is 0.543 e. The number of carbonyl (C=O) groups is 3. The summed E-state index contributed by atoms with van der Waals surface area (Å²) in [6, 6.07) is -1.02. The fourth-order valence-corrected chi connectivity index (χ4v) is 6.90. The molecule has 0 spiro atoms. The summed E-state index contributed by atoms with van der Waals surface area (Å²) in [5, 5.41) is 44.6. The van der Waals surface area contributed by atoms with Crippen molar-refractivity contribution in [2.24, 2.45) is 5.16 Å². The number of aliphatic hydroxyl groups is 1. The molecule has 2 aliphatic rings. The van der Waals surface area contributed by atoms with Crippen molar-refractivity contribution in [3.63, 3.8) is 0 Å². The predicted molar refractivity (Wildman–Crippen MR) is 118 cm³/mol. The molecule has 0 saturated carbocycles. The van der Waals surface area contributed by atoms with E-state index >= 15 is 0 Å². The van der Waals surface area contributed by atoms with E-state index in [4.69, 9.17) is 10.8 Å². The van der Waals surface area contributed by atoms with Crippen molar-refractivity contribution in [1.29, 1.82) is 0 Å². The molecule has 34 heavy (non-hydrogen) atoms. The Labute approximate surface area is 230 Å². The number of nitrogens with two attached hydrogens (primary N) is 1. The average molecular weight is 552 g/mol. The molecule has 1 saturated heterocycles. The fraction of sp³-hybridized carbons (Fsp3) is 0.312. The van der Waals surface area contributed by atoms with Crippen molar-refractivity contribution in [3.05, 3.63) is 27.4 Å². The molecular weight excluding hydrogens is 537 g/mol. The molecule has 0 aromatic carbocycles. The molecule has 4 rings (SSSR count). The molecule has 0 aliphatic carbocycles. The molecule has 1 unspecified atom stereocenters. The number of β-lactam (4-membered cyclic amide) rings is 1. The van der Waals surface area contributed by atoms with Gasteiger partial charge in [-0.1, -0.05) is 28.3 Å². The number of carbonyl (C=O) groups excluding carboxylic acids is 3. The zero-order valence-electron chi connectivity index (χ0n) is 17.3. The molecule has 18 heteroatoms. The number of aliphatic hydroxyl groups excluding tert-OH is 1. The van der Waals surface area contributed by atoms with Gasteiger partial charge in [-0.2, -0.15) is 0 Å². The van der Waals surface area contributed by atoms with E-state index in [1.54, 1.807) is 0 Å². The van der Waals surface area contributed by atoms with Crippen LogP contribution in [-0.2, 0) is 21.0 Å². The van der Waals surface area contributed by atoms with Gasteiger partial charge in [-0.05, 0) is 5.57 Å². The van der Waals surface area contributed by atoms with Crippen LogP contribution in [0.3, 0.4) is 0 Å². The maximum absolute atomic E-state index is 12.7. The number of rotatable bonds is 8. The number of thiazole rings is 1. The van der Waals surface area contributed by atoms with Gasteiger partial charge in [0.25, 0.3) is 11.8 Å². The molecule has 0 radical (unpaired) electrons. The van der Waals surface area contributed by atoms with Crippen LogP contribution >= 0.6 is 46.2 Å². The molecule has 2 atom stereocenters. The minimum atomic E-state index is -1.50. The number of hydrogen-bond acceptors (Lipinski definition) is 15. The summed E-state index contributed by atoms with van der Waals surface area (Å²) < 4.78 is 0.551. The van der Waals surface area contributed by atoms with Crippen LogP contribution in [-0.4, -0.2) is 76.8 Å². The SMILES string of the molecule is Nc1nc(C(=NO)C(=O)NC2C(=O)N3C(C(=O)[O-])=C(CSc4nnc(CO)s4)CS[C@H]23)cs1.[Na+]. The number of amides is 2. The van der Waals surface area contributed by atoms with Gasteiger partial charge in [0.2, 0.25) is 0 Å². The molecular formula is C16H14N7NaO6S4. The predicted octanol–water partition coefficient (Wildman–Crippen LogP) is -4.55. The van der Waals surface area contributed by atoms with Crippen LogP contribution in [0.4, 0.5) is 5.13 Å². The molecule has 2 amide bonds. The number of fused-ring (bicyclic) bond motifs is 1. The summed E-state index contributed by atoms with van der Waals surface area (Å²) in [6.07, 6.45) is 0. The van der Waals surface area contributed by atoms with Gasteiger partial charge in [0, 0.05) is 16.9 Å². The first-order valence-electron chi connectivity index (χ1n) is 9.02. The maximum atomic E-state index is 12.7. The Balaban J connectivity index is 0.00000324. The third-order valence-corrected chi connectivity index (χ3v) is 8.70. The third kappa shape index (κ3) is 5.25. The number of carboxylic acid groups (broad SMARTS) is 1. The maximum Gasteiger partial charge on any atom is 1.00 e. The number of aromatic nitrogens is 3. The Hall–Kier alpha value is -1.73. The van der Waals surface area contributed by atoms with Gasteiger partial charge < -0.3 is 31.3 Å². The number of oxime groups is 1. The van der Waals surface area contributed by atoms with Crippen LogP contribution in [0, 0.1) is 0 Å². The first-order valence-corrected chi connectivity index (χ1v) is 12.8. The Morgan fingerprint density at radius 3 is 2.76 bits per heavy atom. The van der Waals surface area contributed by atoms with Crippen LogP contribution in [0.1, 0.15) is 10.7 Å². The molecule has 1 fully saturated rings. The summed E-state index contributed by atoms with van der Waals surface area (Å²) in [5.41, 5.74) is 5.40. The molecule has 0 bridgehead atoms. The summed E-state index contributed by atoms with van der Waals surface area (Å²) >= 11 is 4.75. The van der Waals surface area contributed by atoms with Crippen molar-refractivity contribution in [2.45, 2.75) is 22.4 Å². The van der Waals surface area contributed by atoms with Gasteiger partial charge in [0.1, 0.15) is 22.1 Å². The standard InChI is InChI=1S/C16H15N7O6S4.Na/c17-15-18-6(4-31-15)8(22-29)11(25)19-9-12(26)23-10(14(27)28)5(2-30-13(9)23)3-32-16-21-20-7(1-24)33-16;/h4,9,13,24,29H,1-3H2,(H2,17,18)(H,19,25)(H,27,28);/q;+1/p-1/t9?,13-;/m1./s1. The van der Waals surface area contributed by atoms with E-state index in [1.165, 1.54) is 40.2 Å². The Morgan fingerprint density at radius 2 is 2.18 bits per heavy atom. The van der Waals surface area contributed by atoms with Gasteiger partial charge in [-0.25, -0.2) is 4.98 Å². The first-order chi connectivity index (χ1) is 15.8. The van der Waals surface area contributed by atoms with E-state index in [0.717, 1.165) is 16.2 Å². The van der Waals surface area contributed by atoms with Gasteiger partial charge in [0.05, 0.1) is 18.3 Å². The minimum Gasteiger partial charge on any atom is -0.543 e. The van der Waals surface area contributed by atoms with Crippen LogP contribution in [0.5, 0.6) is 0 Å². The third-order valence-electron chi connectivity index (χ3n) is 4.56. The van der Waals surface area contributed by atoms with Gasteiger partial charge in [-0.15, -0.1) is 33.3 Å².